The molecule has 1 aliphatic heterocycles. The van der Waals surface area contributed by atoms with Crippen molar-refractivity contribution in [2.75, 3.05) is 20.3 Å². The molecule has 0 bridgehead atoms. The highest BCUT2D eigenvalue weighted by molar-refractivity contribution is 8.93. The van der Waals surface area contributed by atoms with E-state index in [1.165, 1.54) is 77.2 Å². The molecule has 1 heterocycles. The Hall–Kier alpha value is -0.180. The first kappa shape index (κ1) is 19.8. The van der Waals surface area contributed by atoms with E-state index >= 15 is 0 Å². The lowest BCUT2D eigenvalue weighted by Gasteiger charge is -2.17. The van der Waals surface area contributed by atoms with Crippen LogP contribution in [-0.2, 0) is 0 Å². The van der Waals surface area contributed by atoms with E-state index in [-0.39, 0.29) is 17.0 Å². The summed E-state index contributed by atoms with van der Waals surface area (Å²) in [7, 11) is 2.14. The van der Waals surface area contributed by atoms with E-state index in [1.807, 2.05) is 0 Å². The van der Waals surface area contributed by atoms with Crippen molar-refractivity contribution in [2.24, 2.45) is 0 Å². The van der Waals surface area contributed by atoms with Crippen LogP contribution in [0.1, 0.15) is 77.6 Å². The smallest absolute Gasteiger partial charge is 0.0890 e. The fourth-order valence-corrected chi connectivity index (χ4v) is 2.71. The minimum atomic E-state index is 0. The fraction of sp³-hybridized carbons (Fsp3) is 0.882. The van der Waals surface area contributed by atoms with Crippen LogP contribution in [0.25, 0.3) is 0 Å². The average molecular weight is 347 g/mol. The van der Waals surface area contributed by atoms with Crippen LogP contribution < -0.4 is 0 Å². The molecule has 20 heavy (non-hydrogen) atoms. The second kappa shape index (κ2) is 13.8. The first-order valence-corrected chi connectivity index (χ1v) is 8.45. The molecule has 0 unspecified atom stereocenters. The maximum atomic E-state index is 2.41. The third-order valence-electron chi connectivity index (χ3n) is 3.99. The molecule has 0 spiro atoms. The van der Waals surface area contributed by atoms with Gasteiger partial charge >= 0.3 is 0 Å². The summed E-state index contributed by atoms with van der Waals surface area (Å²) < 4.78 is 0. The quantitative estimate of drug-likeness (QED) is 0.427. The van der Waals surface area contributed by atoms with Crippen LogP contribution in [0.15, 0.2) is 12.4 Å². The number of hydrogen-bond donors (Lipinski definition) is 0. The van der Waals surface area contributed by atoms with Gasteiger partial charge in [-0.05, 0) is 6.42 Å². The molecule has 0 N–H and O–H groups in total. The third-order valence-corrected chi connectivity index (χ3v) is 3.99. The molecule has 0 saturated carbocycles. The van der Waals surface area contributed by atoms with Crippen LogP contribution in [0.2, 0.25) is 0 Å². The van der Waals surface area contributed by atoms with Crippen molar-refractivity contribution in [3.8, 4) is 0 Å². The Kier molecular flexibility index (Phi) is 13.7. The monoisotopic (exact) mass is 346 g/mol. The topological polar surface area (TPSA) is 6.48 Å². The first-order chi connectivity index (χ1) is 9.33. The van der Waals surface area contributed by atoms with E-state index in [1.54, 1.807) is 0 Å². The lowest BCUT2D eigenvalue weighted by Crippen LogP contribution is -2.23. The molecule has 0 atom stereocenters. The molecule has 0 aromatic carbocycles. The molecule has 0 fully saturated rings. The number of halogens is 1. The minimum Gasteiger partial charge on any atom is -0.362 e. The highest BCUT2D eigenvalue weighted by Crippen LogP contribution is 2.12. The Morgan fingerprint density at radius 3 is 1.70 bits per heavy atom. The highest BCUT2D eigenvalue weighted by Gasteiger charge is 2.06. The van der Waals surface area contributed by atoms with Gasteiger partial charge in [0.15, 0.2) is 0 Å². The van der Waals surface area contributed by atoms with Gasteiger partial charge in [0.05, 0.1) is 6.67 Å². The summed E-state index contributed by atoms with van der Waals surface area (Å²) in [5.74, 6) is 0. The molecule has 0 saturated heterocycles. The Balaban J connectivity index is 0.00000361. The summed E-state index contributed by atoms with van der Waals surface area (Å²) in [5, 5.41) is 0. The van der Waals surface area contributed by atoms with Gasteiger partial charge in [-0.25, -0.2) is 0 Å². The molecule has 2 nitrogen and oxygen atoms in total. The summed E-state index contributed by atoms with van der Waals surface area (Å²) in [6.07, 6.45) is 20.1. The molecule has 1 aliphatic rings. The SMILES string of the molecule is Br.CCCCCCCCCCCCCN1C=CN(C)C1. The van der Waals surface area contributed by atoms with E-state index in [2.05, 4.69) is 36.2 Å². The van der Waals surface area contributed by atoms with Crippen LogP contribution in [0, 0.1) is 0 Å². The van der Waals surface area contributed by atoms with Gasteiger partial charge in [-0.3, -0.25) is 0 Å². The van der Waals surface area contributed by atoms with Crippen molar-refractivity contribution in [1.82, 2.24) is 9.80 Å². The van der Waals surface area contributed by atoms with E-state index in [4.69, 9.17) is 0 Å². The maximum Gasteiger partial charge on any atom is 0.0890 e. The highest BCUT2D eigenvalue weighted by atomic mass is 79.9. The summed E-state index contributed by atoms with van der Waals surface area (Å²) in [4.78, 5) is 4.65. The lowest BCUT2D eigenvalue weighted by atomic mass is 10.1. The van der Waals surface area contributed by atoms with Crippen molar-refractivity contribution in [3.05, 3.63) is 12.4 Å². The number of unbranched alkanes of at least 4 members (excludes halogenated alkanes) is 10. The second-order valence-electron chi connectivity index (χ2n) is 6.04. The van der Waals surface area contributed by atoms with E-state index in [0.717, 1.165) is 6.67 Å². The van der Waals surface area contributed by atoms with E-state index in [9.17, 15) is 0 Å². The predicted octanol–water partition coefficient (Wildman–Crippen LogP) is 5.55. The second-order valence-corrected chi connectivity index (χ2v) is 6.04. The van der Waals surface area contributed by atoms with Gasteiger partial charge in [-0.1, -0.05) is 71.1 Å². The molecule has 120 valence electrons. The van der Waals surface area contributed by atoms with Crippen molar-refractivity contribution in [2.45, 2.75) is 77.6 Å². The van der Waals surface area contributed by atoms with Gasteiger partial charge in [0, 0.05) is 26.0 Å². The van der Waals surface area contributed by atoms with Gasteiger partial charge in [-0.15, -0.1) is 17.0 Å². The Morgan fingerprint density at radius 1 is 0.750 bits per heavy atom. The van der Waals surface area contributed by atoms with Crippen LogP contribution in [0.4, 0.5) is 0 Å². The molecular weight excluding hydrogens is 312 g/mol. The first-order valence-electron chi connectivity index (χ1n) is 8.45. The average Bonchev–Trinajstić information content (AvgIpc) is 2.82. The predicted molar refractivity (Wildman–Crippen MR) is 95.3 cm³/mol. The lowest BCUT2D eigenvalue weighted by molar-refractivity contribution is 0.290. The standard InChI is InChI=1S/C17H34N2.BrH/c1-3-4-5-6-7-8-9-10-11-12-13-14-19-16-15-18(2)17-19;/h15-16H,3-14,17H2,1-2H3;1H. The van der Waals surface area contributed by atoms with Gasteiger partial charge < -0.3 is 9.80 Å². The largest absolute Gasteiger partial charge is 0.362 e. The molecular formula is C17H35BrN2. The zero-order chi connectivity index (χ0) is 13.8. The summed E-state index contributed by atoms with van der Waals surface area (Å²) >= 11 is 0. The molecule has 3 heteroatoms. The molecule has 0 aliphatic carbocycles. The zero-order valence-electron chi connectivity index (χ0n) is 13.6. The minimum absolute atomic E-state index is 0. The van der Waals surface area contributed by atoms with Crippen molar-refractivity contribution < 1.29 is 0 Å². The number of nitrogens with zero attached hydrogens (tertiary/aromatic N) is 2. The zero-order valence-corrected chi connectivity index (χ0v) is 15.4. The molecule has 0 aromatic rings. The summed E-state index contributed by atoms with van der Waals surface area (Å²) in [5.41, 5.74) is 0. The van der Waals surface area contributed by atoms with Crippen LogP contribution in [0.3, 0.4) is 0 Å². The van der Waals surface area contributed by atoms with Gasteiger partial charge in [0.2, 0.25) is 0 Å². The third kappa shape index (κ3) is 10.6. The maximum absolute atomic E-state index is 2.41. The van der Waals surface area contributed by atoms with Gasteiger partial charge in [0.25, 0.3) is 0 Å². The number of rotatable bonds is 12. The van der Waals surface area contributed by atoms with Crippen LogP contribution >= 0.6 is 17.0 Å². The van der Waals surface area contributed by atoms with Crippen molar-refractivity contribution in [1.29, 1.82) is 0 Å². The van der Waals surface area contributed by atoms with E-state index < -0.39 is 0 Å². The molecule has 0 radical (unpaired) electrons. The van der Waals surface area contributed by atoms with Crippen molar-refractivity contribution in [3.63, 3.8) is 0 Å². The van der Waals surface area contributed by atoms with Gasteiger partial charge in [0.1, 0.15) is 0 Å². The molecule has 1 rings (SSSR count). The summed E-state index contributed by atoms with van der Waals surface area (Å²) in [6, 6.07) is 0. The van der Waals surface area contributed by atoms with Crippen LogP contribution in [-0.4, -0.2) is 30.1 Å². The number of hydrogen-bond acceptors (Lipinski definition) is 2. The Bertz CT molecular complexity index is 231. The van der Waals surface area contributed by atoms with Gasteiger partial charge in [-0.2, -0.15) is 0 Å². The molecule has 0 aromatic heterocycles. The van der Waals surface area contributed by atoms with E-state index in [0.29, 0.717) is 0 Å². The Labute approximate surface area is 137 Å². The van der Waals surface area contributed by atoms with Crippen molar-refractivity contribution >= 4 is 17.0 Å². The fourth-order valence-electron chi connectivity index (χ4n) is 2.71. The van der Waals surface area contributed by atoms with Crippen LogP contribution in [0.5, 0.6) is 0 Å². The Morgan fingerprint density at radius 2 is 1.25 bits per heavy atom. The normalized spacial score (nSPS) is 13.9. The summed E-state index contributed by atoms with van der Waals surface area (Å²) in [6.45, 7) is 4.60. The molecule has 0 amide bonds.